The monoisotopic (exact) mass is 354 g/mol. The first-order chi connectivity index (χ1) is 11.2. The molecule has 2 atom stereocenters. The van der Waals surface area contributed by atoms with Gasteiger partial charge in [0.05, 0.1) is 19.1 Å². The van der Waals surface area contributed by atoms with Crippen LogP contribution in [0.5, 0.6) is 11.5 Å². The highest BCUT2D eigenvalue weighted by Crippen LogP contribution is 2.43. The van der Waals surface area contributed by atoms with Gasteiger partial charge in [-0.2, -0.15) is 0 Å². The maximum Gasteiger partial charge on any atom is 0.227 e. The van der Waals surface area contributed by atoms with Crippen LogP contribution in [0, 0.1) is 11.3 Å². The Morgan fingerprint density at radius 1 is 1.29 bits per heavy atom. The molecule has 134 valence electrons. The minimum atomic E-state index is -0.182. The summed E-state index contributed by atoms with van der Waals surface area (Å²) in [5.41, 5.74) is -0.182. The summed E-state index contributed by atoms with van der Waals surface area (Å²) in [6, 6.07) is 7.47. The van der Waals surface area contributed by atoms with Crippen LogP contribution in [0.25, 0.3) is 0 Å². The number of carbonyl (C=O) groups is 1. The summed E-state index contributed by atoms with van der Waals surface area (Å²) in [5, 5.41) is 6.49. The highest BCUT2D eigenvalue weighted by Gasteiger charge is 2.49. The van der Waals surface area contributed by atoms with Crippen molar-refractivity contribution in [2.45, 2.75) is 25.7 Å². The lowest BCUT2D eigenvalue weighted by atomic mass is 9.67. The molecule has 1 saturated carbocycles. The third-order valence-electron chi connectivity index (χ3n) is 5.21. The molecular formula is C18H27ClN2O3. The lowest BCUT2D eigenvalue weighted by Crippen LogP contribution is -2.48. The van der Waals surface area contributed by atoms with Crippen molar-refractivity contribution >= 4 is 18.3 Å². The Hall–Kier alpha value is -1.46. The molecule has 0 bridgehead atoms. The number of hydrogen-bond acceptors (Lipinski definition) is 4. The zero-order valence-corrected chi connectivity index (χ0v) is 15.0. The van der Waals surface area contributed by atoms with Crippen molar-refractivity contribution in [3.8, 4) is 11.5 Å². The molecule has 6 heteroatoms. The van der Waals surface area contributed by atoms with Crippen LogP contribution in [0.15, 0.2) is 24.3 Å². The van der Waals surface area contributed by atoms with Gasteiger partial charge >= 0.3 is 0 Å². The van der Waals surface area contributed by atoms with Crippen molar-refractivity contribution in [2.75, 3.05) is 33.4 Å². The second-order valence-electron chi connectivity index (χ2n) is 6.51. The first-order valence-corrected chi connectivity index (χ1v) is 8.50. The number of halogens is 1. The molecule has 1 aromatic rings. The van der Waals surface area contributed by atoms with Gasteiger partial charge in [0.25, 0.3) is 0 Å². The number of nitrogens with one attached hydrogen (secondary N) is 2. The molecule has 1 heterocycles. The number of carbonyl (C=O) groups excluding carboxylic acids is 1. The smallest absolute Gasteiger partial charge is 0.227 e. The van der Waals surface area contributed by atoms with E-state index < -0.39 is 0 Å². The van der Waals surface area contributed by atoms with Crippen LogP contribution >= 0.6 is 12.4 Å². The van der Waals surface area contributed by atoms with Gasteiger partial charge in [-0.05, 0) is 49.6 Å². The van der Waals surface area contributed by atoms with Gasteiger partial charge in [0, 0.05) is 6.54 Å². The van der Waals surface area contributed by atoms with Crippen LogP contribution in [0.4, 0.5) is 0 Å². The quantitative estimate of drug-likeness (QED) is 0.770. The van der Waals surface area contributed by atoms with E-state index in [0.717, 1.165) is 37.4 Å². The zero-order chi connectivity index (χ0) is 16.1. The molecule has 1 aliphatic heterocycles. The van der Waals surface area contributed by atoms with E-state index in [1.54, 1.807) is 7.11 Å². The van der Waals surface area contributed by atoms with Crippen molar-refractivity contribution < 1.29 is 14.3 Å². The Bertz CT molecular complexity index is 538. The molecule has 5 nitrogen and oxygen atoms in total. The van der Waals surface area contributed by atoms with E-state index in [0.29, 0.717) is 19.1 Å². The molecule has 24 heavy (non-hydrogen) atoms. The topological polar surface area (TPSA) is 59.6 Å². The Balaban J connectivity index is 0.00000208. The largest absolute Gasteiger partial charge is 0.497 e. The molecule has 2 N–H and O–H groups in total. The number of rotatable bonds is 6. The van der Waals surface area contributed by atoms with Gasteiger partial charge in [-0.15, -0.1) is 12.4 Å². The fraction of sp³-hybridized carbons (Fsp3) is 0.611. The van der Waals surface area contributed by atoms with E-state index >= 15 is 0 Å². The zero-order valence-electron chi connectivity index (χ0n) is 14.2. The number of benzene rings is 1. The van der Waals surface area contributed by atoms with E-state index in [2.05, 4.69) is 10.6 Å². The van der Waals surface area contributed by atoms with Gasteiger partial charge in [0.1, 0.15) is 18.1 Å². The van der Waals surface area contributed by atoms with Crippen LogP contribution in [0.1, 0.15) is 25.7 Å². The minimum Gasteiger partial charge on any atom is -0.497 e. The van der Waals surface area contributed by atoms with Crippen LogP contribution in [-0.2, 0) is 4.79 Å². The van der Waals surface area contributed by atoms with E-state index in [4.69, 9.17) is 9.47 Å². The summed E-state index contributed by atoms with van der Waals surface area (Å²) in [4.78, 5) is 12.7. The van der Waals surface area contributed by atoms with Crippen molar-refractivity contribution in [3.05, 3.63) is 24.3 Å². The van der Waals surface area contributed by atoms with Gasteiger partial charge in [-0.3, -0.25) is 4.79 Å². The molecule has 0 spiro atoms. The van der Waals surface area contributed by atoms with Crippen molar-refractivity contribution in [3.63, 3.8) is 0 Å². The number of methoxy groups -OCH3 is 1. The predicted octanol–water partition coefficient (Wildman–Crippen LogP) is 2.39. The Kier molecular flexibility index (Phi) is 6.75. The molecule has 1 aliphatic carbocycles. The molecule has 2 fully saturated rings. The van der Waals surface area contributed by atoms with Gasteiger partial charge in [0.2, 0.25) is 5.91 Å². The first-order valence-electron chi connectivity index (χ1n) is 8.50. The number of hydrogen-bond donors (Lipinski definition) is 2. The van der Waals surface area contributed by atoms with E-state index in [9.17, 15) is 4.79 Å². The lowest BCUT2D eigenvalue weighted by Gasteiger charge is -2.37. The molecule has 3 rings (SSSR count). The molecule has 1 saturated heterocycles. The molecular weight excluding hydrogens is 328 g/mol. The Labute approximate surface area is 149 Å². The summed E-state index contributed by atoms with van der Waals surface area (Å²) >= 11 is 0. The summed E-state index contributed by atoms with van der Waals surface area (Å²) in [5.74, 6) is 2.29. The number of amides is 1. The first kappa shape index (κ1) is 18.9. The fourth-order valence-corrected chi connectivity index (χ4v) is 3.87. The van der Waals surface area contributed by atoms with Gasteiger partial charge in [0.15, 0.2) is 0 Å². The Morgan fingerprint density at radius 3 is 2.79 bits per heavy atom. The van der Waals surface area contributed by atoms with Gasteiger partial charge in [-0.1, -0.05) is 12.8 Å². The standard InChI is InChI=1S/C18H26N2O3.ClH/c1-22-15-5-7-16(8-6-15)23-11-10-20-17(21)18-9-3-2-4-14(18)12-19-13-18;/h5-8,14,19H,2-4,9-13H2,1H3,(H,20,21);1H/t14-,18+;/m0./s1. The maximum atomic E-state index is 12.7. The third-order valence-corrected chi connectivity index (χ3v) is 5.21. The van der Waals surface area contributed by atoms with Crippen LogP contribution < -0.4 is 20.1 Å². The summed E-state index contributed by atoms with van der Waals surface area (Å²) in [6.07, 6.45) is 4.59. The molecule has 0 radical (unpaired) electrons. The molecule has 2 aliphatic rings. The average molecular weight is 355 g/mol. The second kappa shape index (κ2) is 8.58. The van der Waals surface area contributed by atoms with E-state index in [-0.39, 0.29) is 23.7 Å². The molecule has 1 amide bonds. The summed E-state index contributed by atoms with van der Waals surface area (Å²) in [7, 11) is 1.64. The summed E-state index contributed by atoms with van der Waals surface area (Å²) < 4.78 is 10.8. The van der Waals surface area contributed by atoms with Crippen molar-refractivity contribution in [2.24, 2.45) is 11.3 Å². The van der Waals surface area contributed by atoms with Crippen molar-refractivity contribution in [1.29, 1.82) is 0 Å². The molecule has 1 aromatic carbocycles. The third kappa shape index (κ3) is 3.95. The average Bonchev–Trinajstić information content (AvgIpc) is 3.04. The SMILES string of the molecule is COc1ccc(OCCNC(=O)[C@@]23CCCC[C@H]2CNC3)cc1.Cl. The Morgan fingerprint density at radius 2 is 2.04 bits per heavy atom. The van der Waals surface area contributed by atoms with E-state index in [1.165, 1.54) is 12.8 Å². The van der Waals surface area contributed by atoms with E-state index in [1.807, 2.05) is 24.3 Å². The lowest BCUT2D eigenvalue weighted by molar-refractivity contribution is -0.134. The van der Waals surface area contributed by atoms with Crippen LogP contribution in [0.3, 0.4) is 0 Å². The predicted molar refractivity (Wildman–Crippen MR) is 96.0 cm³/mol. The summed E-state index contributed by atoms with van der Waals surface area (Å²) in [6.45, 7) is 2.82. The minimum absolute atomic E-state index is 0. The molecule has 0 unspecified atom stereocenters. The normalized spacial score (nSPS) is 25.3. The maximum absolute atomic E-state index is 12.7. The second-order valence-corrected chi connectivity index (χ2v) is 6.51. The van der Waals surface area contributed by atoms with Crippen LogP contribution in [0.2, 0.25) is 0 Å². The molecule has 0 aromatic heterocycles. The number of fused-ring (bicyclic) bond motifs is 1. The highest BCUT2D eigenvalue weighted by atomic mass is 35.5. The van der Waals surface area contributed by atoms with Gasteiger partial charge in [-0.25, -0.2) is 0 Å². The fourth-order valence-electron chi connectivity index (χ4n) is 3.87. The van der Waals surface area contributed by atoms with Crippen molar-refractivity contribution in [1.82, 2.24) is 10.6 Å². The number of ether oxygens (including phenoxy) is 2. The van der Waals surface area contributed by atoms with Crippen LogP contribution in [-0.4, -0.2) is 39.3 Å². The van der Waals surface area contributed by atoms with Gasteiger partial charge < -0.3 is 20.1 Å². The highest BCUT2D eigenvalue weighted by molar-refractivity contribution is 5.85.